The van der Waals surface area contributed by atoms with Gasteiger partial charge < -0.3 is 10.2 Å². The van der Waals surface area contributed by atoms with Crippen LogP contribution in [0.1, 0.15) is 62.1 Å². The van der Waals surface area contributed by atoms with Crippen molar-refractivity contribution in [2.45, 2.75) is 70.5 Å². The van der Waals surface area contributed by atoms with E-state index in [0.717, 1.165) is 47.4 Å². The van der Waals surface area contributed by atoms with Gasteiger partial charge in [-0.2, -0.15) is 0 Å². The van der Waals surface area contributed by atoms with Crippen molar-refractivity contribution >= 4 is 50.7 Å². The molecule has 0 saturated heterocycles. The maximum atomic E-state index is 14.4. The zero-order chi connectivity index (χ0) is 31.1. The summed E-state index contributed by atoms with van der Waals surface area (Å²) < 4.78 is 27.5. The van der Waals surface area contributed by atoms with Crippen LogP contribution in [0.3, 0.4) is 0 Å². The molecule has 7 nitrogen and oxygen atoms in total. The van der Waals surface area contributed by atoms with E-state index in [-0.39, 0.29) is 30.8 Å². The highest BCUT2D eigenvalue weighted by molar-refractivity contribution is 7.92. The Balaban J connectivity index is 1.79. The number of carbonyl (C=O) groups excluding carboxylic acids is 2. The van der Waals surface area contributed by atoms with Crippen LogP contribution in [0, 0.1) is 0 Å². The molecule has 230 valence electrons. The van der Waals surface area contributed by atoms with Gasteiger partial charge in [0.25, 0.3) is 0 Å². The molecule has 0 aromatic heterocycles. The summed E-state index contributed by atoms with van der Waals surface area (Å²) in [6, 6.07) is 20.8. The third-order valence-electron chi connectivity index (χ3n) is 7.87. The summed E-state index contributed by atoms with van der Waals surface area (Å²) in [5.41, 5.74) is 2.57. The Morgan fingerprint density at radius 2 is 1.51 bits per heavy atom. The van der Waals surface area contributed by atoms with Crippen molar-refractivity contribution in [2.75, 3.05) is 17.1 Å². The van der Waals surface area contributed by atoms with E-state index in [2.05, 4.69) is 5.32 Å². The SMILES string of the molecule is CC(C)c1ccccc1N(CC(=O)N(Cc1c(Cl)cccc1Cl)C(Cc1ccccc1)C(=O)NC1CCCC1)S(C)(=O)=O. The zero-order valence-corrected chi connectivity index (χ0v) is 27.1. The molecular formula is C33H39Cl2N3O4S. The Hall–Kier alpha value is -3.07. The summed E-state index contributed by atoms with van der Waals surface area (Å²) in [6.07, 6.45) is 5.13. The average molecular weight is 645 g/mol. The number of hydrogen-bond acceptors (Lipinski definition) is 4. The van der Waals surface area contributed by atoms with Crippen LogP contribution in [0.25, 0.3) is 0 Å². The molecule has 0 aliphatic heterocycles. The van der Waals surface area contributed by atoms with Gasteiger partial charge in [-0.1, -0.05) is 104 Å². The van der Waals surface area contributed by atoms with E-state index in [4.69, 9.17) is 23.2 Å². The predicted molar refractivity (Wildman–Crippen MR) is 174 cm³/mol. The van der Waals surface area contributed by atoms with Crippen LogP contribution >= 0.6 is 23.2 Å². The fraction of sp³-hybridized carbons (Fsp3) is 0.394. The number of nitrogens with zero attached hydrogens (tertiary/aromatic N) is 2. The molecule has 1 N–H and O–H groups in total. The molecule has 43 heavy (non-hydrogen) atoms. The van der Waals surface area contributed by atoms with Gasteiger partial charge in [0.05, 0.1) is 11.9 Å². The first kappa shape index (κ1) is 32.8. The van der Waals surface area contributed by atoms with Crippen molar-refractivity contribution in [3.63, 3.8) is 0 Å². The molecule has 1 aliphatic carbocycles. The lowest BCUT2D eigenvalue weighted by molar-refractivity contribution is -0.140. The standard InChI is InChI=1S/C33H39Cl2N3O4S/c1-23(2)26-16-9-10-19-30(26)38(43(3,41)42)22-32(39)37(21-27-28(34)17-11-18-29(27)35)31(20-24-12-5-4-6-13-24)33(40)36-25-14-7-8-15-25/h4-6,9-13,16-19,23,25,31H,7-8,14-15,20-22H2,1-3H3,(H,36,40). The van der Waals surface area contributed by atoms with Gasteiger partial charge >= 0.3 is 0 Å². The molecule has 0 bridgehead atoms. The monoisotopic (exact) mass is 643 g/mol. The molecule has 0 radical (unpaired) electrons. The summed E-state index contributed by atoms with van der Waals surface area (Å²) in [5.74, 6) is -0.820. The lowest BCUT2D eigenvalue weighted by Gasteiger charge is -2.35. The van der Waals surface area contributed by atoms with Crippen LogP contribution in [0.5, 0.6) is 0 Å². The van der Waals surface area contributed by atoms with Gasteiger partial charge in [-0.25, -0.2) is 8.42 Å². The molecule has 10 heteroatoms. The quantitative estimate of drug-likeness (QED) is 0.241. The van der Waals surface area contributed by atoms with Gasteiger partial charge in [0.1, 0.15) is 12.6 Å². The summed E-state index contributed by atoms with van der Waals surface area (Å²) in [5, 5.41) is 3.86. The fourth-order valence-electron chi connectivity index (χ4n) is 5.57. The Morgan fingerprint density at radius 1 is 0.907 bits per heavy atom. The number of amides is 2. The van der Waals surface area contributed by atoms with Crippen molar-refractivity contribution in [1.29, 1.82) is 0 Å². The Kier molecular flexibility index (Phi) is 11.2. The van der Waals surface area contributed by atoms with E-state index in [1.807, 2.05) is 56.3 Å². The normalized spacial score (nSPS) is 14.5. The molecule has 1 atom stereocenters. The first-order valence-corrected chi connectivity index (χ1v) is 17.2. The summed E-state index contributed by atoms with van der Waals surface area (Å²) in [7, 11) is -3.88. The number of sulfonamides is 1. The third-order valence-corrected chi connectivity index (χ3v) is 9.70. The lowest BCUT2D eigenvalue weighted by atomic mass is 10.0. The number of rotatable bonds is 12. The van der Waals surface area contributed by atoms with E-state index in [9.17, 15) is 18.0 Å². The van der Waals surface area contributed by atoms with E-state index in [0.29, 0.717) is 21.3 Å². The number of halogens is 2. The number of nitrogens with one attached hydrogen (secondary N) is 1. The minimum Gasteiger partial charge on any atom is -0.352 e. The summed E-state index contributed by atoms with van der Waals surface area (Å²) in [6.45, 7) is 3.37. The Morgan fingerprint density at radius 3 is 2.12 bits per heavy atom. The van der Waals surface area contributed by atoms with Gasteiger partial charge in [0.2, 0.25) is 21.8 Å². The van der Waals surface area contributed by atoms with Crippen molar-refractivity contribution < 1.29 is 18.0 Å². The van der Waals surface area contributed by atoms with Crippen LogP contribution in [-0.2, 0) is 32.6 Å². The van der Waals surface area contributed by atoms with Crippen molar-refractivity contribution in [3.8, 4) is 0 Å². The third kappa shape index (κ3) is 8.52. The predicted octanol–water partition coefficient (Wildman–Crippen LogP) is 6.58. The van der Waals surface area contributed by atoms with E-state index < -0.39 is 28.5 Å². The molecule has 0 heterocycles. The van der Waals surface area contributed by atoms with E-state index in [1.165, 1.54) is 4.90 Å². The smallest absolute Gasteiger partial charge is 0.244 e. The van der Waals surface area contributed by atoms with Gasteiger partial charge in [0, 0.05) is 34.6 Å². The molecule has 1 fully saturated rings. The van der Waals surface area contributed by atoms with Gasteiger partial charge in [-0.15, -0.1) is 0 Å². The molecular weight excluding hydrogens is 605 g/mol. The van der Waals surface area contributed by atoms with E-state index >= 15 is 0 Å². The second-order valence-corrected chi connectivity index (χ2v) is 14.1. The second kappa shape index (κ2) is 14.6. The maximum absolute atomic E-state index is 14.4. The largest absolute Gasteiger partial charge is 0.352 e. The average Bonchev–Trinajstić information content (AvgIpc) is 3.47. The van der Waals surface area contributed by atoms with Crippen molar-refractivity contribution in [3.05, 3.63) is 99.5 Å². The number of para-hydroxylation sites is 1. The van der Waals surface area contributed by atoms with Gasteiger partial charge in [-0.05, 0) is 48.1 Å². The summed E-state index contributed by atoms with van der Waals surface area (Å²) in [4.78, 5) is 29.8. The summed E-state index contributed by atoms with van der Waals surface area (Å²) >= 11 is 13.1. The van der Waals surface area contributed by atoms with Crippen LogP contribution in [-0.4, -0.2) is 50.0 Å². The number of benzene rings is 3. The lowest BCUT2D eigenvalue weighted by Crippen LogP contribution is -2.54. The fourth-order valence-corrected chi connectivity index (χ4v) is 6.96. The highest BCUT2D eigenvalue weighted by atomic mass is 35.5. The highest BCUT2D eigenvalue weighted by Gasteiger charge is 2.35. The molecule has 4 rings (SSSR count). The molecule has 0 spiro atoms. The minimum atomic E-state index is -3.88. The number of carbonyl (C=O) groups is 2. The van der Waals surface area contributed by atoms with Gasteiger partial charge in [-0.3, -0.25) is 13.9 Å². The molecule has 1 aliphatic rings. The Bertz CT molecular complexity index is 1510. The minimum absolute atomic E-state index is 0.0107. The molecule has 3 aromatic carbocycles. The second-order valence-electron chi connectivity index (χ2n) is 11.4. The van der Waals surface area contributed by atoms with Crippen LogP contribution < -0.4 is 9.62 Å². The molecule has 1 saturated carbocycles. The first-order chi connectivity index (χ1) is 20.5. The van der Waals surface area contributed by atoms with Crippen LogP contribution in [0.4, 0.5) is 5.69 Å². The molecule has 2 amide bonds. The number of hydrogen-bond donors (Lipinski definition) is 1. The molecule has 3 aromatic rings. The van der Waals surface area contributed by atoms with E-state index in [1.54, 1.807) is 30.3 Å². The van der Waals surface area contributed by atoms with Crippen molar-refractivity contribution in [2.24, 2.45) is 0 Å². The molecule has 1 unspecified atom stereocenters. The first-order valence-electron chi connectivity index (χ1n) is 14.6. The topological polar surface area (TPSA) is 86.8 Å². The van der Waals surface area contributed by atoms with Crippen LogP contribution in [0.15, 0.2) is 72.8 Å². The van der Waals surface area contributed by atoms with Crippen molar-refractivity contribution in [1.82, 2.24) is 10.2 Å². The number of anilines is 1. The zero-order valence-electron chi connectivity index (χ0n) is 24.8. The maximum Gasteiger partial charge on any atom is 0.244 e. The highest BCUT2D eigenvalue weighted by Crippen LogP contribution is 2.31. The Labute approximate surface area is 265 Å². The van der Waals surface area contributed by atoms with Gasteiger partial charge in [0.15, 0.2) is 0 Å². The van der Waals surface area contributed by atoms with Crippen LogP contribution in [0.2, 0.25) is 10.0 Å².